The van der Waals surface area contributed by atoms with Crippen LogP contribution in [0, 0.1) is 6.92 Å². The Labute approximate surface area is 173 Å². The number of hydrogen-bond acceptors (Lipinski definition) is 6. The van der Waals surface area contributed by atoms with E-state index in [1.54, 1.807) is 25.3 Å². The highest BCUT2D eigenvalue weighted by Crippen LogP contribution is 2.54. The molecule has 2 heterocycles. The Kier molecular flexibility index (Phi) is 4.77. The van der Waals surface area contributed by atoms with Gasteiger partial charge in [0.15, 0.2) is 0 Å². The van der Waals surface area contributed by atoms with Gasteiger partial charge in [0.2, 0.25) is 4.96 Å². The normalized spacial score (nSPS) is 16.6. The molecule has 0 saturated heterocycles. The number of rotatable bonds is 5. The number of aliphatic hydroxyl groups excluding tert-OH is 1. The quantitative estimate of drug-likeness (QED) is 0.602. The lowest BCUT2D eigenvalue weighted by atomic mass is 10.1. The van der Waals surface area contributed by atoms with Crippen LogP contribution in [0.1, 0.15) is 43.0 Å². The molecule has 3 aromatic rings. The van der Waals surface area contributed by atoms with Crippen molar-refractivity contribution in [1.82, 2.24) is 14.6 Å². The molecule has 2 aromatic heterocycles. The highest BCUT2D eigenvalue weighted by Gasteiger charge is 2.45. The molecule has 156 valence electrons. The smallest absolute Gasteiger partial charge is 0.395 e. The van der Waals surface area contributed by atoms with Gasteiger partial charge in [0.1, 0.15) is 10.6 Å². The highest BCUT2D eigenvalue weighted by molar-refractivity contribution is 8.01. The van der Waals surface area contributed by atoms with Crippen LogP contribution in [-0.2, 0) is 11.8 Å². The number of aromatic nitrogens is 3. The van der Waals surface area contributed by atoms with E-state index in [1.165, 1.54) is 23.5 Å². The lowest BCUT2D eigenvalue weighted by molar-refractivity contribution is -0.139. The fraction of sp³-hybridized carbons (Fsp3) is 0.474. The number of thioether (sulfide) groups is 1. The lowest BCUT2D eigenvalue weighted by Gasteiger charge is -2.18. The summed E-state index contributed by atoms with van der Waals surface area (Å²) in [6.07, 6.45) is -3.11. The average Bonchev–Trinajstić information content (AvgIpc) is 3.13. The molecule has 0 aliphatic heterocycles. The summed E-state index contributed by atoms with van der Waals surface area (Å²) in [7, 11) is 0. The van der Waals surface area contributed by atoms with E-state index in [9.17, 15) is 23.4 Å². The van der Waals surface area contributed by atoms with Gasteiger partial charge in [-0.2, -0.15) is 18.3 Å². The van der Waals surface area contributed by atoms with Crippen molar-refractivity contribution in [2.24, 2.45) is 0 Å². The van der Waals surface area contributed by atoms with E-state index in [0.29, 0.717) is 39.8 Å². The summed E-state index contributed by atoms with van der Waals surface area (Å²) in [4.78, 5) is 5.13. The van der Waals surface area contributed by atoms with E-state index < -0.39 is 22.1 Å². The Bertz CT molecular complexity index is 1080. The topological polar surface area (TPSA) is 70.7 Å². The monoisotopic (exact) mass is 443 g/mol. The second-order valence-electron chi connectivity index (χ2n) is 7.86. The number of halogens is 3. The number of hydrogen-bond donors (Lipinski definition) is 2. The molecule has 4 rings (SSSR count). The van der Waals surface area contributed by atoms with E-state index in [2.05, 4.69) is 10.1 Å². The maximum atomic E-state index is 13.6. The molecule has 1 aliphatic carbocycles. The summed E-state index contributed by atoms with van der Waals surface area (Å²) in [5.74, 6) is 0. The van der Waals surface area contributed by atoms with Gasteiger partial charge < -0.3 is 10.2 Å². The summed E-state index contributed by atoms with van der Waals surface area (Å²) < 4.78 is 41.7. The minimum atomic E-state index is -4.48. The van der Waals surface area contributed by atoms with Crippen molar-refractivity contribution in [3.63, 3.8) is 0 Å². The minimum absolute atomic E-state index is 0.0915. The molecular weight excluding hydrogens is 423 g/mol. The Morgan fingerprint density at radius 1 is 1.28 bits per heavy atom. The molecule has 0 spiro atoms. The van der Waals surface area contributed by atoms with E-state index in [1.807, 2.05) is 0 Å². The molecule has 0 bridgehead atoms. The van der Waals surface area contributed by atoms with Gasteiger partial charge >= 0.3 is 6.18 Å². The molecule has 1 fully saturated rings. The largest absolute Gasteiger partial charge is 0.417 e. The predicted molar refractivity (Wildman–Crippen MR) is 106 cm³/mol. The first-order chi connectivity index (χ1) is 13.4. The number of benzene rings is 1. The van der Waals surface area contributed by atoms with E-state index in [0.717, 1.165) is 17.8 Å². The van der Waals surface area contributed by atoms with Crippen molar-refractivity contribution in [3.05, 3.63) is 34.5 Å². The van der Waals surface area contributed by atoms with Gasteiger partial charge in [-0.15, -0.1) is 11.8 Å². The van der Waals surface area contributed by atoms with Crippen LogP contribution in [0.25, 0.3) is 16.2 Å². The van der Waals surface area contributed by atoms with E-state index in [-0.39, 0.29) is 11.5 Å². The fourth-order valence-corrected chi connectivity index (χ4v) is 5.34. The maximum Gasteiger partial charge on any atom is 0.417 e. The second-order valence-corrected chi connectivity index (χ2v) is 10.3. The van der Waals surface area contributed by atoms with Crippen LogP contribution in [0.2, 0.25) is 0 Å². The number of nitrogens with zero attached hydrogens (tertiary/aromatic N) is 3. The number of alkyl halides is 3. The van der Waals surface area contributed by atoms with Crippen molar-refractivity contribution < 1.29 is 23.4 Å². The average molecular weight is 444 g/mol. The van der Waals surface area contributed by atoms with Crippen molar-refractivity contribution in [3.8, 4) is 11.3 Å². The first-order valence-electron chi connectivity index (χ1n) is 9.04. The highest BCUT2D eigenvalue weighted by atomic mass is 32.2. The number of aliphatic hydroxyl groups is 2. The van der Waals surface area contributed by atoms with Gasteiger partial charge in [-0.1, -0.05) is 17.4 Å². The zero-order valence-electron chi connectivity index (χ0n) is 16.0. The maximum absolute atomic E-state index is 13.6. The van der Waals surface area contributed by atoms with Crippen LogP contribution < -0.4 is 0 Å². The Morgan fingerprint density at radius 3 is 2.52 bits per heavy atom. The third-order valence-corrected chi connectivity index (χ3v) is 7.63. The van der Waals surface area contributed by atoms with Crippen molar-refractivity contribution in [1.29, 1.82) is 0 Å². The van der Waals surface area contributed by atoms with E-state index >= 15 is 0 Å². The molecule has 0 unspecified atom stereocenters. The molecular formula is C19H20F3N3O2S2. The molecule has 1 aliphatic rings. The van der Waals surface area contributed by atoms with Crippen LogP contribution in [0.3, 0.4) is 0 Å². The molecule has 0 radical (unpaired) electrons. The molecule has 0 atom stereocenters. The van der Waals surface area contributed by atoms with Crippen LogP contribution in [0.5, 0.6) is 0 Å². The van der Waals surface area contributed by atoms with Gasteiger partial charge in [-0.3, -0.25) is 0 Å². The van der Waals surface area contributed by atoms with Gasteiger partial charge in [0.05, 0.1) is 23.6 Å². The molecule has 5 nitrogen and oxygen atoms in total. The Balaban J connectivity index is 1.85. The number of imidazole rings is 1. The summed E-state index contributed by atoms with van der Waals surface area (Å²) in [5.41, 5.74) is -0.0510. The second kappa shape index (κ2) is 6.69. The molecule has 10 heteroatoms. The summed E-state index contributed by atoms with van der Waals surface area (Å²) in [6, 6.07) is 4.00. The van der Waals surface area contributed by atoms with Crippen LogP contribution in [-0.4, -0.2) is 36.2 Å². The van der Waals surface area contributed by atoms with Gasteiger partial charge in [0.25, 0.3) is 0 Å². The molecule has 1 aromatic carbocycles. The standard InChI is InChI=1S/C19H20F3N3O2S2/c1-10-14(25-16(23-10)28-15(24-25)17(2,3)27)11-4-5-12(19(20,21)22)13(8-11)29-18(9-26)6-7-18/h4-5,8,26-27H,6-7,9H2,1-3H3. The lowest BCUT2D eigenvalue weighted by Crippen LogP contribution is -2.15. The van der Waals surface area contributed by atoms with Crippen LogP contribution in [0.15, 0.2) is 23.1 Å². The fourth-order valence-electron chi connectivity index (χ4n) is 3.08. The Morgan fingerprint density at radius 2 is 1.97 bits per heavy atom. The summed E-state index contributed by atoms with van der Waals surface area (Å²) in [6.45, 7) is 4.86. The SMILES string of the molecule is Cc1nc2sc(C(C)(C)O)nn2c1-c1ccc(C(F)(F)F)c(SC2(CO)CC2)c1. The first-order valence-corrected chi connectivity index (χ1v) is 10.7. The number of aryl methyl sites for hydroxylation is 1. The first kappa shape index (κ1) is 20.6. The van der Waals surface area contributed by atoms with Crippen molar-refractivity contribution in [2.45, 2.75) is 55.0 Å². The van der Waals surface area contributed by atoms with Gasteiger partial charge in [-0.05, 0) is 45.7 Å². The molecule has 1 saturated carbocycles. The summed E-state index contributed by atoms with van der Waals surface area (Å²) in [5, 5.41) is 24.7. The zero-order chi connectivity index (χ0) is 21.2. The van der Waals surface area contributed by atoms with Crippen molar-refractivity contribution >= 4 is 28.1 Å². The third-order valence-electron chi connectivity index (χ3n) is 4.88. The van der Waals surface area contributed by atoms with E-state index in [4.69, 9.17) is 0 Å². The van der Waals surface area contributed by atoms with Crippen LogP contribution in [0.4, 0.5) is 13.2 Å². The molecule has 0 amide bonds. The summed E-state index contributed by atoms with van der Waals surface area (Å²) >= 11 is 2.33. The molecule has 2 N–H and O–H groups in total. The Hall–Kier alpha value is -1.62. The van der Waals surface area contributed by atoms with Crippen molar-refractivity contribution in [2.75, 3.05) is 6.61 Å². The van der Waals surface area contributed by atoms with Crippen LogP contribution >= 0.6 is 23.1 Å². The van der Waals surface area contributed by atoms with Gasteiger partial charge in [0, 0.05) is 15.2 Å². The third kappa shape index (κ3) is 3.78. The zero-order valence-corrected chi connectivity index (χ0v) is 17.7. The van der Waals surface area contributed by atoms with Gasteiger partial charge in [-0.25, -0.2) is 9.50 Å². The molecule has 29 heavy (non-hydrogen) atoms. The predicted octanol–water partition coefficient (Wildman–Crippen LogP) is 4.63. The number of fused-ring (bicyclic) bond motifs is 1. The minimum Gasteiger partial charge on any atom is -0.395 e.